The van der Waals surface area contributed by atoms with Crippen LogP contribution < -0.4 is 11.1 Å². The van der Waals surface area contributed by atoms with E-state index < -0.39 is 10.8 Å². The third-order valence-electron chi connectivity index (χ3n) is 3.51. The molecule has 1 fully saturated rings. The molecular formula is C13H17Cl2N3O3. The fourth-order valence-electron chi connectivity index (χ4n) is 2.38. The van der Waals surface area contributed by atoms with Crippen molar-refractivity contribution in [3.8, 4) is 0 Å². The molecule has 1 aromatic rings. The second-order valence-electron chi connectivity index (χ2n) is 5.00. The van der Waals surface area contributed by atoms with Crippen LogP contribution in [0.25, 0.3) is 0 Å². The van der Waals surface area contributed by atoms with E-state index in [9.17, 15) is 14.9 Å². The van der Waals surface area contributed by atoms with E-state index >= 15 is 0 Å². The molecule has 0 saturated heterocycles. The van der Waals surface area contributed by atoms with Crippen molar-refractivity contribution in [2.75, 3.05) is 0 Å². The van der Waals surface area contributed by atoms with Crippen LogP contribution in [0, 0.1) is 10.1 Å². The topological polar surface area (TPSA) is 98.3 Å². The fourth-order valence-corrected chi connectivity index (χ4v) is 2.55. The fraction of sp³-hybridized carbons (Fsp3) is 0.462. The summed E-state index contributed by atoms with van der Waals surface area (Å²) in [6.07, 6.45) is 3.29. The van der Waals surface area contributed by atoms with Crippen LogP contribution in [0.1, 0.15) is 36.0 Å². The zero-order chi connectivity index (χ0) is 14.7. The molecule has 116 valence electrons. The minimum absolute atomic E-state index is 0. The van der Waals surface area contributed by atoms with Gasteiger partial charge in [-0.25, -0.2) is 0 Å². The van der Waals surface area contributed by atoms with Crippen LogP contribution in [0.2, 0.25) is 5.02 Å². The number of nitrogens with two attached hydrogens (primary N) is 1. The highest BCUT2D eigenvalue weighted by atomic mass is 35.5. The minimum Gasteiger partial charge on any atom is -0.349 e. The van der Waals surface area contributed by atoms with E-state index in [-0.39, 0.29) is 35.7 Å². The van der Waals surface area contributed by atoms with E-state index in [0.717, 1.165) is 25.7 Å². The SMILES string of the molecule is Cl.NC1CCC(NC(=O)c2cc(Cl)ccc2[N+](=O)[O-])CC1. The quantitative estimate of drug-likeness (QED) is 0.656. The lowest BCUT2D eigenvalue weighted by molar-refractivity contribution is -0.385. The first-order chi connectivity index (χ1) is 9.47. The number of rotatable bonds is 3. The maximum Gasteiger partial charge on any atom is 0.282 e. The Hall–Kier alpha value is -1.37. The van der Waals surface area contributed by atoms with Crippen LogP contribution in [0.5, 0.6) is 0 Å². The molecule has 1 saturated carbocycles. The van der Waals surface area contributed by atoms with Gasteiger partial charge in [-0.1, -0.05) is 11.6 Å². The van der Waals surface area contributed by atoms with E-state index in [1.54, 1.807) is 0 Å². The van der Waals surface area contributed by atoms with Crippen LogP contribution in [-0.4, -0.2) is 22.9 Å². The van der Waals surface area contributed by atoms with E-state index in [0.29, 0.717) is 5.02 Å². The highest BCUT2D eigenvalue weighted by molar-refractivity contribution is 6.31. The number of hydrogen-bond donors (Lipinski definition) is 2. The zero-order valence-corrected chi connectivity index (χ0v) is 12.8. The summed E-state index contributed by atoms with van der Waals surface area (Å²) in [5, 5.41) is 14.1. The minimum atomic E-state index is -0.581. The molecule has 1 aliphatic rings. The first kappa shape index (κ1) is 17.7. The predicted octanol–water partition coefficient (Wildman–Crippen LogP) is 2.67. The summed E-state index contributed by atoms with van der Waals surface area (Å²) in [5.74, 6) is -0.459. The molecule has 6 nitrogen and oxygen atoms in total. The van der Waals surface area contributed by atoms with Gasteiger partial charge in [0.1, 0.15) is 5.56 Å². The normalized spacial score (nSPS) is 21.2. The van der Waals surface area contributed by atoms with Gasteiger partial charge >= 0.3 is 0 Å². The second-order valence-corrected chi connectivity index (χ2v) is 5.44. The van der Waals surface area contributed by atoms with Crippen molar-refractivity contribution in [3.63, 3.8) is 0 Å². The van der Waals surface area contributed by atoms with Crippen LogP contribution in [0.15, 0.2) is 18.2 Å². The van der Waals surface area contributed by atoms with Crippen LogP contribution in [0.3, 0.4) is 0 Å². The summed E-state index contributed by atoms with van der Waals surface area (Å²) in [4.78, 5) is 22.5. The number of halogens is 2. The molecular weight excluding hydrogens is 317 g/mol. The average Bonchev–Trinajstić information content (AvgIpc) is 2.41. The van der Waals surface area contributed by atoms with Gasteiger partial charge in [0, 0.05) is 23.2 Å². The first-order valence-corrected chi connectivity index (χ1v) is 6.85. The second kappa shape index (κ2) is 7.59. The third-order valence-corrected chi connectivity index (χ3v) is 3.74. The zero-order valence-electron chi connectivity index (χ0n) is 11.3. The Bertz CT molecular complexity index is 531. The van der Waals surface area contributed by atoms with Crippen molar-refractivity contribution >= 4 is 35.6 Å². The summed E-state index contributed by atoms with van der Waals surface area (Å²) >= 11 is 5.81. The Morgan fingerprint density at radius 3 is 2.52 bits per heavy atom. The monoisotopic (exact) mass is 333 g/mol. The number of carbonyl (C=O) groups is 1. The molecule has 0 aliphatic heterocycles. The molecule has 1 aromatic carbocycles. The Balaban J connectivity index is 0.00000220. The van der Waals surface area contributed by atoms with E-state index in [4.69, 9.17) is 17.3 Å². The Morgan fingerprint density at radius 1 is 1.33 bits per heavy atom. The molecule has 0 atom stereocenters. The van der Waals surface area contributed by atoms with Crippen molar-refractivity contribution in [1.29, 1.82) is 0 Å². The van der Waals surface area contributed by atoms with Gasteiger partial charge in [-0.15, -0.1) is 12.4 Å². The van der Waals surface area contributed by atoms with Crippen molar-refractivity contribution in [2.45, 2.75) is 37.8 Å². The first-order valence-electron chi connectivity index (χ1n) is 6.47. The van der Waals surface area contributed by atoms with Crippen LogP contribution >= 0.6 is 24.0 Å². The maximum atomic E-state index is 12.2. The van der Waals surface area contributed by atoms with Crippen molar-refractivity contribution in [2.24, 2.45) is 5.73 Å². The van der Waals surface area contributed by atoms with Crippen LogP contribution in [-0.2, 0) is 0 Å². The molecule has 8 heteroatoms. The Morgan fingerprint density at radius 2 is 1.95 bits per heavy atom. The third kappa shape index (κ3) is 4.56. The van der Waals surface area contributed by atoms with Crippen LogP contribution in [0.4, 0.5) is 5.69 Å². The summed E-state index contributed by atoms with van der Waals surface area (Å²) in [6.45, 7) is 0. The standard InChI is InChI=1S/C13H16ClN3O3.ClH/c14-8-1-6-12(17(19)20)11(7-8)13(18)16-10-4-2-9(15)3-5-10;/h1,6-7,9-10H,2-5,15H2,(H,16,18);1H. The molecule has 0 bridgehead atoms. The number of nitrogens with zero attached hydrogens (tertiary/aromatic N) is 1. The summed E-state index contributed by atoms with van der Waals surface area (Å²) in [7, 11) is 0. The Kier molecular flexibility index (Phi) is 6.39. The number of nitro groups is 1. The number of nitro benzene ring substituents is 1. The van der Waals surface area contributed by atoms with Gasteiger partial charge in [-0.2, -0.15) is 0 Å². The van der Waals surface area contributed by atoms with Crippen molar-refractivity contribution < 1.29 is 9.72 Å². The highest BCUT2D eigenvalue weighted by Crippen LogP contribution is 2.24. The van der Waals surface area contributed by atoms with Gasteiger partial charge in [-0.3, -0.25) is 14.9 Å². The average molecular weight is 334 g/mol. The maximum absolute atomic E-state index is 12.2. The predicted molar refractivity (Wildman–Crippen MR) is 83.1 cm³/mol. The van der Waals surface area contributed by atoms with Gasteiger partial charge in [0.2, 0.25) is 0 Å². The lowest BCUT2D eigenvalue weighted by Crippen LogP contribution is -2.40. The number of nitrogens with one attached hydrogen (secondary N) is 1. The molecule has 0 heterocycles. The van der Waals surface area contributed by atoms with Crippen molar-refractivity contribution in [3.05, 3.63) is 38.9 Å². The largest absolute Gasteiger partial charge is 0.349 e. The van der Waals surface area contributed by atoms with E-state index in [2.05, 4.69) is 5.32 Å². The molecule has 0 radical (unpaired) electrons. The number of benzene rings is 1. The smallest absolute Gasteiger partial charge is 0.282 e. The molecule has 21 heavy (non-hydrogen) atoms. The number of hydrogen-bond acceptors (Lipinski definition) is 4. The van der Waals surface area contributed by atoms with Gasteiger partial charge < -0.3 is 11.1 Å². The molecule has 2 rings (SSSR count). The lowest BCUT2D eigenvalue weighted by atomic mass is 9.91. The van der Waals surface area contributed by atoms with Gasteiger partial charge in [-0.05, 0) is 37.8 Å². The summed E-state index contributed by atoms with van der Waals surface area (Å²) in [5.41, 5.74) is 5.56. The molecule has 0 aromatic heterocycles. The van der Waals surface area contributed by atoms with Crippen molar-refractivity contribution in [1.82, 2.24) is 5.32 Å². The van der Waals surface area contributed by atoms with Gasteiger partial charge in [0.05, 0.1) is 4.92 Å². The van der Waals surface area contributed by atoms with Gasteiger partial charge in [0.25, 0.3) is 11.6 Å². The lowest BCUT2D eigenvalue weighted by Gasteiger charge is -2.26. The molecule has 0 unspecified atom stereocenters. The summed E-state index contributed by atoms with van der Waals surface area (Å²) in [6, 6.07) is 4.16. The van der Waals surface area contributed by atoms with E-state index in [1.165, 1.54) is 18.2 Å². The highest BCUT2D eigenvalue weighted by Gasteiger charge is 2.25. The number of amides is 1. The molecule has 3 N–H and O–H groups in total. The summed E-state index contributed by atoms with van der Waals surface area (Å²) < 4.78 is 0. The molecule has 1 amide bonds. The van der Waals surface area contributed by atoms with Gasteiger partial charge in [0.15, 0.2) is 0 Å². The number of carbonyl (C=O) groups excluding carboxylic acids is 1. The molecule has 0 spiro atoms. The molecule has 1 aliphatic carbocycles. The van der Waals surface area contributed by atoms with E-state index in [1.807, 2.05) is 0 Å². The Labute approximate surface area is 133 Å².